The Morgan fingerprint density at radius 2 is 1.73 bits per heavy atom. The summed E-state index contributed by atoms with van der Waals surface area (Å²) < 4.78 is 2.55. The van der Waals surface area contributed by atoms with Crippen LogP contribution in [0.3, 0.4) is 0 Å². The molecule has 1 aliphatic heterocycles. The van der Waals surface area contributed by atoms with Gasteiger partial charge < -0.3 is 4.90 Å². The maximum Gasteiger partial charge on any atom is 0.261 e. The van der Waals surface area contributed by atoms with Crippen LogP contribution >= 0.6 is 15.9 Å². The van der Waals surface area contributed by atoms with Gasteiger partial charge in [0.25, 0.3) is 11.5 Å². The molecule has 1 amide bonds. The Kier molecular flexibility index (Phi) is 5.68. The monoisotopic (exact) mass is 499 g/mol. The lowest BCUT2D eigenvalue weighted by Crippen LogP contribution is -2.27. The summed E-state index contributed by atoms with van der Waals surface area (Å²) in [5.41, 5.74) is 3.75. The number of carbonyl (C=O) groups excluding carboxylic acids is 1. The zero-order chi connectivity index (χ0) is 22.9. The number of amides is 1. The zero-order valence-corrected chi connectivity index (χ0v) is 19.7. The second-order valence-corrected chi connectivity index (χ2v) is 8.96. The molecule has 4 aromatic rings. The average Bonchev–Trinajstić information content (AvgIpc) is 3.07. The van der Waals surface area contributed by atoms with Gasteiger partial charge >= 0.3 is 0 Å². The van der Waals surface area contributed by atoms with Crippen LogP contribution in [0.5, 0.6) is 0 Å². The molecular weight excluding hydrogens is 478 g/mol. The third-order valence-corrected chi connectivity index (χ3v) is 6.30. The molecule has 0 fully saturated rings. The molecule has 0 bridgehead atoms. The van der Waals surface area contributed by atoms with Gasteiger partial charge in [0.05, 0.1) is 28.7 Å². The molecule has 0 radical (unpaired) electrons. The highest BCUT2D eigenvalue weighted by molar-refractivity contribution is 9.10. The van der Waals surface area contributed by atoms with Crippen LogP contribution < -0.4 is 10.5 Å². The van der Waals surface area contributed by atoms with Gasteiger partial charge in [-0.15, -0.1) is 0 Å². The van der Waals surface area contributed by atoms with E-state index in [-0.39, 0.29) is 11.5 Å². The number of aromatic nitrogens is 2. The lowest BCUT2D eigenvalue weighted by molar-refractivity contribution is -0.113. The first kappa shape index (κ1) is 21.3. The summed E-state index contributed by atoms with van der Waals surface area (Å²) in [7, 11) is 0. The molecule has 0 saturated heterocycles. The minimum atomic E-state index is -0.123. The fourth-order valence-corrected chi connectivity index (χ4v) is 4.62. The summed E-state index contributed by atoms with van der Waals surface area (Å²) in [6, 6.07) is 23.0. The van der Waals surface area contributed by atoms with Gasteiger partial charge in [-0.25, -0.2) is 4.98 Å². The molecule has 0 aliphatic carbocycles. The Balaban J connectivity index is 1.73. The van der Waals surface area contributed by atoms with E-state index in [1.54, 1.807) is 21.6 Å². The highest BCUT2D eigenvalue weighted by Crippen LogP contribution is 2.39. The SMILES string of the molecule is CCCN1C(=O)C(=Cc2nc3ccccc3c(=O)n2Cc2ccccc2)c2cc(Br)ccc21. The third-order valence-electron chi connectivity index (χ3n) is 5.81. The first-order valence-corrected chi connectivity index (χ1v) is 11.7. The van der Waals surface area contributed by atoms with Gasteiger partial charge in [-0.05, 0) is 48.4 Å². The lowest BCUT2D eigenvalue weighted by atomic mass is 10.1. The fourth-order valence-electron chi connectivity index (χ4n) is 4.26. The van der Waals surface area contributed by atoms with Crippen LogP contribution in [0.1, 0.15) is 30.3 Å². The minimum absolute atomic E-state index is 0.0707. The summed E-state index contributed by atoms with van der Waals surface area (Å²) in [4.78, 5) is 33.5. The van der Waals surface area contributed by atoms with Gasteiger partial charge in [-0.2, -0.15) is 0 Å². The van der Waals surface area contributed by atoms with Crippen molar-refractivity contribution in [3.05, 3.63) is 105 Å². The fraction of sp³-hybridized carbons (Fsp3) is 0.148. The van der Waals surface area contributed by atoms with Crippen molar-refractivity contribution in [2.45, 2.75) is 19.9 Å². The lowest BCUT2D eigenvalue weighted by Gasteiger charge is -2.15. The second-order valence-electron chi connectivity index (χ2n) is 8.04. The molecule has 164 valence electrons. The number of para-hydroxylation sites is 1. The van der Waals surface area contributed by atoms with Crippen molar-refractivity contribution in [1.82, 2.24) is 9.55 Å². The van der Waals surface area contributed by atoms with E-state index in [2.05, 4.69) is 22.9 Å². The number of anilines is 1. The number of halogens is 1. The molecule has 3 aromatic carbocycles. The Hall–Kier alpha value is -3.51. The molecule has 0 saturated carbocycles. The van der Waals surface area contributed by atoms with Crippen molar-refractivity contribution in [2.24, 2.45) is 0 Å². The Morgan fingerprint density at radius 3 is 2.52 bits per heavy atom. The molecule has 0 spiro atoms. The number of fused-ring (bicyclic) bond motifs is 2. The highest BCUT2D eigenvalue weighted by atomic mass is 79.9. The Bertz CT molecular complexity index is 1460. The van der Waals surface area contributed by atoms with Crippen molar-refractivity contribution < 1.29 is 4.79 Å². The van der Waals surface area contributed by atoms with E-state index in [1.807, 2.05) is 66.7 Å². The van der Waals surface area contributed by atoms with Crippen molar-refractivity contribution in [3.63, 3.8) is 0 Å². The molecule has 6 heteroatoms. The maximum absolute atomic E-state index is 13.5. The van der Waals surface area contributed by atoms with Gasteiger partial charge in [0.1, 0.15) is 5.82 Å². The van der Waals surface area contributed by atoms with Gasteiger partial charge in [0, 0.05) is 16.6 Å². The number of carbonyl (C=O) groups is 1. The first-order valence-electron chi connectivity index (χ1n) is 10.9. The van der Waals surface area contributed by atoms with Crippen LogP contribution in [0.2, 0.25) is 0 Å². The molecule has 2 heterocycles. The normalized spacial score (nSPS) is 14.3. The molecule has 5 rings (SSSR count). The van der Waals surface area contributed by atoms with E-state index < -0.39 is 0 Å². The summed E-state index contributed by atoms with van der Waals surface area (Å²) in [5, 5.41) is 0.559. The van der Waals surface area contributed by atoms with E-state index >= 15 is 0 Å². The van der Waals surface area contributed by atoms with E-state index in [9.17, 15) is 9.59 Å². The van der Waals surface area contributed by atoms with Gasteiger partial charge in [0.15, 0.2) is 0 Å². The number of benzene rings is 3. The zero-order valence-electron chi connectivity index (χ0n) is 18.2. The van der Waals surface area contributed by atoms with Crippen LogP contribution in [0, 0.1) is 0 Å². The number of hydrogen-bond donors (Lipinski definition) is 0. The van der Waals surface area contributed by atoms with E-state index in [4.69, 9.17) is 4.98 Å². The number of nitrogens with zero attached hydrogens (tertiary/aromatic N) is 3. The molecular formula is C27H22BrN3O2. The predicted octanol–water partition coefficient (Wildman–Crippen LogP) is 5.50. The highest BCUT2D eigenvalue weighted by Gasteiger charge is 2.32. The topological polar surface area (TPSA) is 55.2 Å². The van der Waals surface area contributed by atoms with E-state index in [0.717, 1.165) is 27.7 Å². The molecule has 0 unspecified atom stereocenters. The summed E-state index contributed by atoms with van der Waals surface area (Å²) in [6.45, 7) is 3.05. The minimum Gasteiger partial charge on any atom is -0.308 e. The smallest absolute Gasteiger partial charge is 0.261 e. The Morgan fingerprint density at radius 1 is 0.970 bits per heavy atom. The van der Waals surface area contributed by atoms with Crippen molar-refractivity contribution in [1.29, 1.82) is 0 Å². The molecule has 0 atom stereocenters. The predicted molar refractivity (Wildman–Crippen MR) is 136 cm³/mol. The summed E-state index contributed by atoms with van der Waals surface area (Å²) in [5.74, 6) is 0.397. The van der Waals surface area contributed by atoms with Crippen LogP contribution in [0.25, 0.3) is 22.6 Å². The summed E-state index contributed by atoms with van der Waals surface area (Å²) in [6.07, 6.45) is 2.61. The van der Waals surface area contributed by atoms with Gasteiger partial charge in [-0.1, -0.05) is 65.3 Å². The van der Waals surface area contributed by atoms with Crippen LogP contribution in [-0.2, 0) is 11.3 Å². The second kappa shape index (κ2) is 8.79. The average molecular weight is 500 g/mol. The van der Waals surface area contributed by atoms with Crippen molar-refractivity contribution in [3.8, 4) is 0 Å². The quantitative estimate of drug-likeness (QED) is 0.340. The first-order chi connectivity index (χ1) is 16.1. The van der Waals surface area contributed by atoms with Crippen molar-refractivity contribution >= 4 is 50.1 Å². The van der Waals surface area contributed by atoms with Gasteiger partial charge in [0.2, 0.25) is 0 Å². The van der Waals surface area contributed by atoms with Gasteiger partial charge in [-0.3, -0.25) is 14.2 Å². The largest absolute Gasteiger partial charge is 0.308 e. The molecule has 0 N–H and O–H groups in total. The van der Waals surface area contributed by atoms with Crippen LogP contribution in [0.15, 0.2) is 82.1 Å². The van der Waals surface area contributed by atoms with E-state index in [1.165, 1.54) is 0 Å². The number of rotatable bonds is 5. The Labute approximate surface area is 200 Å². The molecule has 1 aromatic heterocycles. The molecule has 1 aliphatic rings. The third kappa shape index (κ3) is 3.91. The maximum atomic E-state index is 13.5. The molecule has 5 nitrogen and oxygen atoms in total. The van der Waals surface area contributed by atoms with Crippen LogP contribution in [-0.4, -0.2) is 22.0 Å². The molecule has 33 heavy (non-hydrogen) atoms. The van der Waals surface area contributed by atoms with Crippen LogP contribution in [0.4, 0.5) is 5.69 Å². The summed E-state index contributed by atoms with van der Waals surface area (Å²) >= 11 is 3.53. The van der Waals surface area contributed by atoms with Crippen molar-refractivity contribution in [2.75, 3.05) is 11.4 Å². The van der Waals surface area contributed by atoms with E-state index in [0.29, 0.717) is 35.4 Å². The standard InChI is InChI=1S/C27H22BrN3O2/c1-2-14-30-24-13-12-19(28)15-21(24)22(27(30)33)16-25-29-23-11-7-6-10-20(23)26(32)31(25)17-18-8-4-3-5-9-18/h3-13,15-16H,2,14,17H2,1H3. The number of hydrogen-bond acceptors (Lipinski definition) is 3.